The zero-order valence-electron chi connectivity index (χ0n) is 6.96. The standard InChI is InChI=1S/C8H10N2O2/c1-4-3-6(9)10-5(2)7(4)8(11)12/h3H,1-2H3,(H2,9,10)(H,11,12). The van der Waals surface area contributed by atoms with Gasteiger partial charge in [0, 0.05) is 0 Å². The third-order valence-corrected chi connectivity index (χ3v) is 1.63. The predicted octanol–water partition coefficient (Wildman–Crippen LogP) is 0.979. The van der Waals surface area contributed by atoms with Gasteiger partial charge in [-0.3, -0.25) is 0 Å². The Bertz CT molecular complexity index is 311. The van der Waals surface area contributed by atoms with E-state index in [9.17, 15) is 4.79 Å². The van der Waals surface area contributed by atoms with Crippen LogP contribution in [0.1, 0.15) is 21.6 Å². The molecule has 0 atom stereocenters. The average molecular weight is 166 g/mol. The summed E-state index contributed by atoms with van der Waals surface area (Å²) < 4.78 is 0. The van der Waals surface area contributed by atoms with Crippen molar-refractivity contribution in [1.29, 1.82) is 0 Å². The first-order valence-electron chi connectivity index (χ1n) is 3.49. The summed E-state index contributed by atoms with van der Waals surface area (Å²) in [6.45, 7) is 3.33. The number of nitrogen functional groups attached to an aromatic ring is 1. The molecule has 1 aromatic heterocycles. The number of hydrogen-bond donors (Lipinski definition) is 2. The number of nitrogens with zero attached hydrogens (tertiary/aromatic N) is 1. The SMILES string of the molecule is Cc1cc(N)nc(C)c1C(=O)O. The van der Waals surface area contributed by atoms with E-state index in [0.717, 1.165) is 0 Å². The van der Waals surface area contributed by atoms with Crippen molar-refractivity contribution in [3.8, 4) is 0 Å². The summed E-state index contributed by atoms with van der Waals surface area (Å²) in [4.78, 5) is 14.5. The average Bonchev–Trinajstić information content (AvgIpc) is 1.82. The van der Waals surface area contributed by atoms with Gasteiger partial charge in [0.25, 0.3) is 0 Å². The lowest BCUT2D eigenvalue weighted by Gasteiger charge is -2.04. The highest BCUT2D eigenvalue weighted by atomic mass is 16.4. The van der Waals surface area contributed by atoms with E-state index in [-0.39, 0.29) is 5.56 Å². The van der Waals surface area contributed by atoms with Crippen molar-refractivity contribution in [2.45, 2.75) is 13.8 Å². The summed E-state index contributed by atoms with van der Waals surface area (Å²) >= 11 is 0. The molecule has 1 heterocycles. The lowest BCUT2D eigenvalue weighted by atomic mass is 10.1. The summed E-state index contributed by atoms with van der Waals surface area (Å²) in [6, 6.07) is 1.55. The summed E-state index contributed by atoms with van der Waals surface area (Å²) in [7, 11) is 0. The molecule has 0 unspecified atom stereocenters. The molecule has 0 saturated heterocycles. The minimum absolute atomic E-state index is 0.240. The molecule has 4 heteroatoms. The molecule has 12 heavy (non-hydrogen) atoms. The minimum Gasteiger partial charge on any atom is -0.478 e. The van der Waals surface area contributed by atoms with E-state index < -0.39 is 5.97 Å². The molecule has 4 nitrogen and oxygen atoms in total. The van der Waals surface area contributed by atoms with Crippen molar-refractivity contribution in [2.75, 3.05) is 5.73 Å². The third-order valence-electron chi connectivity index (χ3n) is 1.63. The summed E-state index contributed by atoms with van der Waals surface area (Å²) in [5.74, 6) is -0.604. The van der Waals surface area contributed by atoms with Crippen LogP contribution in [-0.4, -0.2) is 16.1 Å². The summed E-state index contributed by atoms with van der Waals surface area (Å²) in [6.07, 6.45) is 0. The van der Waals surface area contributed by atoms with Gasteiger partial charge in [0.2, 0.25) is 0 Å². The molecule has 0 aliphatic heterocycles. The molecular formula is C8H10N2O2. The van der Waals surface area contributed by atoms with E-state index in [2.05, 4.69) is 4.98 Å². The number of carboxylic acid groups (broad SMARTS) is 1. The summed E-state index contributed by atoms with van der Waals surface area (Å²) in [5, 5.41) is 8.76. The monoisotopic (exact) mass is 166 g/mol. The molecule has 0 bridgehead atoms. The maximum Gasteiger partial charge on any atom is 0.337 e. The fourth-order valence-corrected chi connectivity index (χ4v) is 1.18. The van der Waals surface area contributed by atoms with Gasteiger partial charge in [-0.15, -0.1) is 0 Å². The molecule has 64 valence electrons. The largest absolute Gasteiger partial charge is 0.478 e. The Balaban J connectivity index is 3.38. The van der Waals surface area contributed by atoms with Crippen LogP contribution >= 0.6 is 0 Å². The van der Waals surface area contributed by atoms with Gasteiger partial charge in [-0.2, -0.15) is 0 Å². The van der Waals surface area contributed by atoms with Crippen molar-refractivity contribution in [1.82, 2.24) is 4.98 Å². The number of carbonyl (C=O) groups is 1. The Labute approximate surface area is 70.0 Å². The second-order valence-corrected chi connectivity index (χ2v) is 2.63. The number of aryl methyl sites for hydroxylation is 2. The molecular weight excluding hydrogens is 156 g/mol. The number of nitrogens with two attached hydrogens (primary N) is 1. The van der Waals surface area contributed by atoms with Crippen molar-refractivity contribution >= 4 is 11.8 Å². The van der Waals surface area contributed by atoms with Gasteiger partial charge in [-0.05, 0) is 25.5 Å². The molecule has 0 aliphatic rings. The number of aromatic nitrogens is 1. The van der Waals surface area contributed by atoms with E-state index >= 15 is 0 Å². The maximum absolute atomic E-state index is 10.7. The lowest BCUT2D eigenvalue weighted by Crippen LogP contribution is -2.06. The van der Waals surface area contributed by atoms with Gasteiger partial charge in [-0.1, -0.05) is 0 Å². The molecule has 0 saturated carbocycles. The molecule has 1 rings (SSSR count). The fraction of sp³-hybridized carbons (Fsp3) is 0.250. The first-order valence-corrected chi connectivity index (χ1v) is 3.49. The molecule has 0 radical (unpaired) electrons. The number of anilines is 1. The van der Waals surface area contributed by atoms with Gasteiger partial charge >= 0.3 is 5.97 Å². The van der Waals surface area contributed by atoms with E-state index in [1.54, 1.807) is 19.9 Å². The van der Waals surface area contributed by atoms with Gasteiger partial charge in [0.15, 0.2) is 0 Å². The van der Waals surface area contributed by atoms with Crippen LogP contribution in [0.4, 0.5) is 5.82 Å². The number of pyridine rings is 1. The summed E-state index contributed by atoms with van der Waals surface area (Å²) in [5.41, 5.74) is 6.77. The van der Waals surface area contributed by atoms with Crippen LogP contribution in [0.3, 0.4) is 0 Å². The molecule has 0 amide bonds. The Morgan fingerprint density at radius 2 is 2.17 bits per heavy atom. The normalized spacial score (nSPS) is 9.83. The first-order chi connectivity index (χ1) is 5.52. The second kappa shape index (κ2) is 2.81. The lowest BCUT2D eigenvalue weighted by molar-refractivity contribution is 0.0695. The Hall–Kier alpha value is -1.58. The van der Waals surface area contributed by atoms with E-state index in [1.807, 2.05) is 0 Å². The quantitative estimate of drug-likeness (QED) is 0.652. The van der Waals surface area contributed by atoms with Crippen LogP contribution in [0.15, 0.2) is 6.07 Å². The Morgan fingerprint density at radius 1 is 1.58 bits per heavy atom. The molecule has 0 aliphatic carbocycles. The number of aromatic carboxylic acids is 1. The molecule has 0 aromatic carbocycles. The number of hydrogen-bond acceptors (Lipinski definition) is 3. The van der Waals surface area contributed by atoms with E-state index in [1.165, 1.54) is 0 Å². The maximum atomic E-state index is 10.7. The topological polar surface area (TPSA) is 76.2 Å². The van der Waals surface area contributed by atoms with Crippen LogP contribution < -0.4 is 5.73 Å². The van der Waals surface area contributed by atoms with Crippen LogP contribution in [0.2, 0.25) is 0 Å². The predicted molar refractivity (Wildman–Crippen MR) is 45.1 cm³/mol. The number of carboxylic acids is 1. The van der Waals surface area contributed by atoms with Crippen molar-refractivity contribution in [3.05, 3.63) is 22.9 Å². The fourth-order valence-electron chi connectivity index (χ4n) is 1.18. The zero-order chi connectivity index (χ0) is 9.30. The van der Waals surface area contributed by atoms with Gasteiger partial charge < -0.3 is 10.8 Å². The molecule has 0 fully saturated rings. The highest BCUT2D eigenvalue weighted by Gasteiger charge is 2.11. The van der Waals surface area contributed by atoms with Crippen LogP contribution in [0.25, 0.3) is 0 Å². The Morgan fingerprint density at radius 3 is 2.58 bits per heavy atom. The third kappa shape index (κ3) is 1.37. The number of rotatable bonds is 1. The van der Waals surface area contributed by atoms with Crippen LogP contribution in [0, 0.1) is 13.8 Å². The Kier molecular flexibility index (Phi) is 1.99. The van der Waals surface area contributed by atoms with Crippen LogP contribution in [0.5, 0.6) is 0 Å². The van der Waals surface area contributed by atoms with Crippen molar-refractivity contribution in [3.63, 3.8) is 0 Å². The van der Waals surface area contributed by atoms with Gasteiger partial charge in [0.05, 0.1) is 11.3 Å². The van der Waals surface area contributed by atoms with E-state index in [0.29, 0.717) is 17.1 Å². The van der Waals surface area contributed by atoms with E-state index in [4.69, 9.17) is 10.8 Å². The zero-order valence-corrected chi connectivity index (χ0v) is 6.96. The first kappa shape index (κ1) is 8.52. The second-order valence-electron chi connectivity index (χ2n) is 2.63. The molecule has 0 spiro atoms. The molecule has 3 N–H and O–H groups in total. The highest BCUT2D eigenvalue weighted by Crippen LogP contribution is 2.13. The smallest absolute Gasteiger partial charge is 0.337 e. The van der Waals surface area contributed by atoms with Crippen molar-refractivity contribution in [2.24, 2.45) is 0 Å². The van der Waals surface area contributed by atoms with Crippen molar-refractivity contribution < 1.29 is 9.90 Å². The minimum atomic E-state index is -0.961. The van der Waals surface area contributed by atoms with Crippen LogP contribution in [-0.2, 0) is 0 Å². The van der Waals surface area contributed by atoms with Gasteiger partial charge in [-0.25, -0.2) is 9.78 Å². The van der Waals surface area contributed by atoms with Gasteiger partial charge in [0.1, 0.15) is 5.82 Å². The molecule has 1 aromatic rings. The highest BCUT2D eigenvalue weighted by molar-refractivity contribution is 5.90.